The molecule has 3 heteroatoms. The lowest BCUT2D eigenvalue weighted by Crippen LogP contribution is -2.28. The van der Waals surface area contributed by atoms with Crippen molar-refractivity contribution in [3.8, 4) is 0 Å². The van der Waals surface area contributed by atoms with Gasteiger partial charge in [-0.1, -0.05) is 83.3 Å². The molecular weight excluding hydrogens is 336 g/mol. The molecule has 0 amide bonds. The zero-order valence-electron chi connectivity index (χ0n) is 18.3. The summed E-state index contributed by atoms with van der Waals surface area (Å²) >= 11 is 0. The van der Waals surface area contributed by atoms with Gasteiger partial charge in [-0.25, -0.2) is 0 Å². The molecule has 26 heavy (non-hydrogen) atoms. The van der Waals surface area contributed by atoms with Crippen molar-refractivity contribution in [3.63, 3.8) is 0 Å². The Morgan fingerprint density at radius 2 is 1.12 bits per heavy atom. The number of hydrogen-bond acceptors (Lipinski definition) is 2. The van der Waals surface area contributed by atoms with Gasteiger partial charge in [0.1, 0.15) is 0 Å². The zero-order chi connectivity index (χ0) is 19.5. The fourth-order valence-corrected chi connectivity index (χ4v) is 3.87. The van der Waals surface area contributed by atoms with Crippen molar-refractivity contribution in [1.82, 2.24) is 0 Å². The first kappa shape index (κ1) is 25.4. The fourth-order valence-electron chi connectivity index (χ4n) is 3.09. The van der Waals surface area contributed by atoms with E-state index in [1.165, 1.54) is 83.5 Å². The molecule has 0 spiro atoms. The molecule has 0 saturated carbocycles. The second-order valence-electron chi connectivity index (χ2n) is 8.63. The molecule has 0 radical (unpaired) electrons. The van der Waals surface area contributed by atoms with Gasteiger partial charge in [-0.2, -0.15) is 0 Å². The van der Waals surface area contributed by atoms with Gasteiger partial charge in [-0.05, 0) is 51.7 Å². The Morgan fingerprint density at radius 3 is 1.58 bits per heavy atom. The van der Waals surface area contributed by atoms with Crippen molar-refractivity contribution in [2.75, 3.05) is 0 Å². The van der Waals surface area contributed by atoms with Gasteiger partial charge >= 0.3 is 0 Å². The van der Waals surface area contributed by atoms with Crippen molar-refractivity contribution in [2.24, 2.45) is 0 Å². The van der Waals surface area contributed by atoms with Crippen LogP contribution in [0.1, 0.15) is 110 Å². The second kappa shape index (κ2) is 17.8. The maximum absolute atomic E-state index is 11.6. The van der Waals surface area contributed by atoms with Gasteiger partial charge in [0.25, 0.3) is 5.97 Å². The van der Waals surface area contributed by atoms with Gasteiger partial charge in [-0.3, -0.25) is 4.79 Å². The van der Waals surface area contributed by atoms with Crippen LogP contribution < -0.4 is 0 Å². The lowest BCUT2D eigenvalue weighted by Gasteiger charge is -2.17. The summed E-state index contributed by atoms with van der Waals surface area (Å²) in [6.07, 6.45) is 25.0. The van der Waals surface area contributed by atoms with E-state index in [-0.39, 0.29) is 5.97 Å². The van der Waals surface area contributed by atoms with Crippen LogP contribution in [-0.4, -0.2) is 14.3 Å². The lowest BCUT2D eigenvalue weighted by atomic mass is 10.1. The van der Waals surface area contributed by atoms with Crippen LogP contribution in [0, 0.1) is 0 Å². The van der Waals surface area contributed by atoms with E-state index in [1.807, 2.05) is 0 Å². The van der Waals surface area contributed by atoms with Crippen LogP contribution in [0.25, 0.3) is 0 Å². The molecule has 0 heterocycles. The minimum atomic E-state index is -1.69. The SMILES string of the molecule is CCCCCCCCC/C=C/CCCCCCCCC(=O)O[Si](C)(C)C. The minimum absolute atomic E-state index is 0.00950. The Labute approximate surface area is 165 Å². The molecule has 0 aliphatic rings. The van der Waals surface area contributed by atoms with E-state index in [0.29, 0.717) is 6.42 Å². The van der Waals surface area contributed by atoms with Crippen LogP contribution in [0.3, 0.4) is 0 Å². The van der Waals surface area contributed by atoms with E-state index >= 15 is 0 Å². The summed E-state index contributed by atoms with van der Waals surface area (Å²) in [7, 11) is -1.69. The number of carbonyl (C=O) groups excluding carboxylic acids is 1. The van der Waals surface area contributed by atoms with Crippen LogP contribution >= 0.6 is 0 Å². The van der Waals surface area contributed by atoms with Crippen LogP contribution in [0.15, 0.2) is 12.2 Å². The fraction of sp³-hybridized carbons (Fsp3) is 0.870. The standard InChI is InChI=1S/C23H46O2Si/c1-5-6-7-8-9-10-11-12-13-14-15-16-17-18-19-20-21-22-23(24)25-26(2,3)4/h13-14H,5-12,15-22H2,1-4H3/b14-13+. The summed E-state index contributed by atoms with van der Waals surface area (Å²) in [5, 5.41) is 0. The van der Waals surface area contributed by atoms with Crippen LogP contribution in [0.4, 0.5) is 0 Å². The number of rotatable bonds is 18. The van der Waals surface area contributed by atoms with E-state index < -0.39 is 8.32 Å². The van der Waals surface area contributed by atoms with Crippen molar-refractivity contribution >= 4 is 14.3 Å². The number of carbonyl (C=O) groups is 1. The maximum Gasteiger partial charge on any atom is 0.292 e. The average Bonchev–Trinajstić information content (AvgIpc) is 2.56. The van der Waals surface area contributed by atoms with Gasteiger partial charge < -0.3 is 4.43 Å². The summed E-state index contributed by atoms with van der Waals surface area (Å²) in [6.45, 7) is 8.47. The Hall–Kier alpha value is -0.573. The molecule has 0 aromatic heterocycles. The first-order valence-corrected chi connectivity index (χ1v) is 14.7. The van der Waals surface area contributed by atoms with Gasteiger partial charge in [0.2, 0.25) is 8.32 Å². The first-order chi connectivity index (χ1) is 12.5. The largest absolute Gasteiger partial charge is 0.520 e. The molecular formula is C23H46O2Si. The molecule has 0 aliphatic heterocycles. The van der Waals surface area contributed by atoms with E-state index in [2.05, 4.69) is 38.7 Å². The Balaban J connectivity index is 3.22. The predicted octanol–water partition coefficient (Wildman–Crippen LogP) is 8.18. The van der Waals surface area contributed by atoms with E-state index in [1.54, 1.807) is 0 Å². The van der Waals surface area contributed by atoms with Crippen molar-refractivity contribution in [2.45, 2.75) is 129 Å². The second-order valence-corrected chi connectivity index (χ2v) is 13.1. The summed E-state index contributed by atoms with van der Waals surface area (Å²) in [5.74, 6) is 0.00950. The number of allylic oxidation sites excluding steroid dienone is 2. The highest BCUT2D eigenvalue weighted by molar-refractivity contribution is 6.71. The molecule has 0 N–H and O–H groups in total. The highest BCUT2D eigenvalue weighted by Crippen LogP contribution is 2.12. The van der Waals surface area contributed by atoms with Crippen molar-refractivity contribution in [1.29, 1.82) is 0 Å². The Kier molecular flexibility index (Phi) is 17.4. The zero-order valence-corrected chi connectivity index (χ0v) is 19.3. The monoisotopic (exact) mass is 382 g/mol. The molecule has 0 fully saturated rings. The molecule has 154 valence electrons. The van der Waals surface area contributed by atoms with E-state index in [0.717, 1.165) is 12.8 Å². The topological polar surface area (TPSA) is 26.3 Å². The quantitative estimate of drug-likeness (QED) is 0.136. The van der Waals surface area contributed by atoms with Crippen LogP contribution in [0.5, 0.6) is 0 Å². The molecule has 0 aromatic rings. The average molecular weight is 383 g/mol. The Morgan fingerprint density at radius 1 is 0.692 bits per heavy atom. The smallest absolute Gasteiger partial charge is 0.292 e. The van der Waals surface area contributed by atoms with Gasteiger partial charge in [0, 0.05) is 6.42 Å². The van der Waals surface area contributed by atoms with Crippen LogP contribution in [-0.2, 0) is 9.22 Å². The Bertz CT molecular complexity index is 345. The van der Waals surface area contributed by atoms with Gasteiger partial charge in [0.05, 0.1) is 0 Å². The summed E-state index contributed by atoms with van der Waals surface area (Å²) < 4.78 is 5.46. The van der Waals surface area contributed by atoms with E-state index in [4.69, 9.17) is 4.43 Å². The summed E-state index contributed by atoms with van der Waals surface area (Å²) in [4.78, 5) is 11.6. The minimum Gasteiger partial charge on any atom is -0.520 e. The predicted molar refractivity (Wildman–Crippen MR) is 118 cm³/mol. The van der Waals surface area contributed by atoms with Crippen LogP contribution in [0.2, 0.25) is 19.6 Å². The van der Waals surface area contributed by atoms with Crippen molar-refractivity contribution < 1.29 is 9.22 Å². The van der Waals surface area contributed by atoms with Crippen molar-refractivity contribution in [3.05, 3.63) is 12.2 Å². The first-order valence-electron chi connectivity index (χ1n) is 11.3. The third-order valence-corrected chi connectivity index (χ3v) is 5.40. The molecule has 0 unspecified atom stereocenters. The normalized spacial score (nSPS) is 12.0. The molecule has 0 bridgehead atoms. The highest BCUT2D eigenvalue weighted by Gasteiger charge is 2.19. The number of unbranched alkanes of at least 4 members (excludes halogenated alkanes) is 13. The van der Waals surface area contributed by atoms with Gasteiger partial charge in [0.15, 0.2) is 0 Å². The molecule has 0 rings (SSSR count). The third kappa shape index (κ3) is 21.5. The summed E-state index contributed by atoms with van der Waals surface area (Å²) in [5.41, 5.74) is 0. The number of hydrogen-bond donors (Lipinski definition) is 0. The summed E-state index contributed by atoms with van der Waals surface area (Å²) in [6, 6.07) is 0. The molecule has 2 nitrogen and oxygen atoms in total. The lowest BCUT2D eigenvalue weighted by molar-refractivity contribution is -0.135. The third-order valence-electron chi connectivity index (χ3n) is 4.56. The maximum atomic E-state index is 11.6. The highest BCUT2D eigenvalue weighted by atomic mass is 28.4. The molecule has 0 aromatic carbocycles. The van der Waals surface area contributed by atoms with Gasteiger partial charge in [-0.15, -0.1) is 0 Å². The molecule has 0 atom stereocenters. The van der Waals surface area contributed by atoms with E-state index in [9.17, 15) is 4.79 Å². The molecule has 0 saturated heterocycles. The molecule has 0 aliphatic carbocycles.